The number of hydrogen-bond donors (Lipinski definition) is 2. The molecule has 2 rings (SSSR count). The summed E-state index contributed by atoms with van der Waals surface area (Å²) >= 11 is 11.6. The lowest BCUT2D eigenvalue weighted by Gasteiger charge is -2.11. The maximum atomic E-state index is 12.8. The number of anilines is 1. The molecule has 0 atom stereocenters. The normalized spacial score (nSPS) is 11.2. The molecule has 0 radical (unpaired) electrons. The van der Waals surface area contributed by atoms with Crippen LogP contribution in [-0.4, -0.2) is 19.5 Å². The van der Waals surface area contributed by atoms with Gasteiger partial charge in [0.1, 0.15) is 10.7 Å². The van der Waals surface area contributed by atoms with Crippen LogP contribution in [0.3, 0.4) is 0 Å². The minimum atomic E-state index is -4.19. The van der Waals surface area contributed by atoms with E-state index in [2.05, 4.69) is 4.72 Å². The molecule has 0 aliphatic carbocycles. The van der Waals surface area contributed by atoms with Gasteiger partial charge in [-0.25, -0.2) is 17.6 Å². The van der Waals surface area contributed by atoms with Crippen molar-refractivity contribution in [3.63, 3.8) is 0 Å². The van der Waals surface area contributed by atoms with Gasteiger partial charge < -0.3 is 5.11 Å². The third-order valence-electron chi connectivity index (χ3n) is 2.63. The smallest absolute Gasteiger partial charge is 0.335 e. The van der Waals surface area contributed by atoms with Crippen LogP contribution >= 0.6 is 23.2 Å². The van der Waals surface area contributed by atoms with Gasteiger partial charge in [-0.3, -0.25) is 4.72 Å². The Labute approximate surface area is 135 Å². The van der Waals surface area contributed by atoms with Crippen molar-refractivity contribution in [1.29, 1.82) is 0 Å². The Kier molecular flexibility index (Phi) is 4.60. The summed E-state index contributed by atoms with van der Waals surface area (Å²) in [6, 6.07) is 6.50. The fourth-order valence-electron chi connectivity index (χ4n) is 1.61. The van der Waals surface area contributed by atoms with Crippen LogP contribution in [0.1, 0.15) is 10.4 Å². The lowest BCUT2D eigenvalue weighted by molar-refractivity contribution is 0.0696. The van der Waals surface area contributed by atoms with Gasteiger partial charge in [0.2, 0.25) is 0 Å². The van der Waals surface area contributed by atoms with Gasteiger partial charge >= 0.3 is 5.97 Å². The number of halogens is 3. The minimum absolute atomic E-state index is 0.0920. The SMILES string of the molecule is O=C(O)c1cc(Cl)c(Cl)c(S(=O)(=O)Nc2ccc(F)cc2)c1. The second-order valence-electron chi connectivity index (χ2n) is 4.19. The van der Waals surface area contributed by atoms with Crippen molar-refractivity contribution in [1.82, 2.24) is 0 Å². The van der Waals surface area contributed by atoms with E-state index in [1.807, 2.05) is 0 Å². The van der Waals surface area contributed by atoms with Crippen LogP contribution in [0.25, 0.3) is 0 Å². The van der Waals surface area contributed by atoms with Crippen LogP contribution in [0.4, 0.5) is 10.1 Å². The van der Waals surface area contributed by atoms with E-state index in [4.69, 9.17) is 28.3 Å². The zero-order valence-corrected chi connectivity index (χ0v) is 13.0. The lowest BCUT2D eigenvalue weighted by Crippen LogP contribution is -2.14. The summed E-state index contributed by atoms with van der Waals surface area (Å²) in [5, 5.41) is 8.44. The van der Waals surface area contributed by atoms with E-state index in [0.29, 0.717) is 0 Å². The summed E-state index contributed by atoms with van der Waals surface area (Å²) in [7, 11) is -4.19. The molecule has 0 aromatic heterocycles. The topological polar surface area (TPSA) is 83.5 Å². The molecular weight excluding hydrogens is 356 g/mol. The number of carbonyl (C=O) groups is 1. The average molecular weight is 364 g/mol. The van der Waals surface area contributed by atoms with Crippen LogP contribution in [0.2, 0.25) is 10.0 Å². The second-order valence-corrected chi connectivity index (χ2v) is 6.62. The largest absolute Gasteiger partial charge is 0.478 e. The minimum Gasteiger partial charge on any atom is -0.478 e. The Balaban J connectivity index is 2.49. The Hall–Kier alpha value is -1.83. The van der Waals surface area contributed by atoms with Crippen molar-refractivity contribution >= 4 is 44.9 Å². The van der Waals surface area contributed by atoms with E-state index < -0.39 is 26.7 Å². The number of aromatic carboxylic acids is 1. The number of sulfonamides is 1. The summed E-state index contributed by atoms with van der Waals surface area (Å²) in [6.07, 6.45) is 0. The first kappa shape index (κ1) is 16.5. The quantitative estimate of drug-likeness (QED) is 0.868. The molecule has 0 saturated carbocycles. The highest BCUT2D eigenvalue weighted by Crippen LogP contribution is 2.32. The summed E-state index contributed by atoms with van der Waals surface area (Å²) < 4.78 is 39.6. The van der Waals surface area contributed by atoms with E-state index in [1.165, 1.54) is 12.1 Å². The monoisotopic (exact) mass is 363 g/mol. The summed E-state index contributed by atoms with van der Waals surface area (Å²) in [5.74, 6) is -1.88. The fraction of sp³-hybridized carbons (Fsp3) is 0. The van der Waals surface area contributed by atoms with E-state index in [9.17, 15) is 17.6 Å². The molecule has 0 amide bonds. The van der Waals surface area contributed by atoms with E-state index in [0.717, 1.165) is 24.3 Å². The van der Waals surface area contributed by atoms with Gasteiger partial charge in [-0.05, 0) is 36.4 Å². The van der Waals surface area contributed by atoms with Gasteiger partial charge in [0.25, 0.3) is 10.0 Å². The molecule has 9 heteroatoms. The molecule has 0 fully saturated rings. The number of nitrogens with one attached hydrogen (secondary N) is 1. The summed E-state index contributed by atoms with van der Waals surface area (Å²) in [6.45, 7) is 0. The number of hydrogen-bond acceptors (Lipinski definition) is 3. The highest BCUT2D eigenvalue weighted by Gasteiger charge is 2.22. The zero-order chi connectivity index (χ0) is 16.5. The highest BCUT2D eigenvalue weighted by atomic mass is 35.5. The van der Waals surface area contributed by atoms with Crippen LogP contribution in [0.15, 0.2) is 41.3 Å². The molecule has 2 aromatic carbocycles. The maximum absolute atomic E-state index is 12.8. The first-order valence-corrected chi connectivity index (χ1v) is 7.95. The predicted octanol–water partition coefficient (Wildman–Crippen LogP) is 3.63. The first-order chi connectivity index (χ1) is 10.2. The Morgan fingerprint density at radius 2 is 1.73 bits per heavy atom. The van der Waals surface area contributed by atoms with Crippen LogP contribution in [0.5, 0.6) is 0 Å². The maximum Gasteiger partial charge on any atom is 0.335 e. The number of carboxylic acids is 1. The van der Waals surface area contributed by atoms with Gasteiger partial charge in [0.15, 0.2) is 0 Å². The van der Waals surface area contributed by atoms with Gasteiger partial charge in [-0.15, -0.1) is 0 Å². The average Bonchev–Trinajstić information content (AvgIpc) is 2.43. The molecule has 0 bridgehead atoms. The molecule has 0 spiro atoms. The van der Waals surface area contributed by atoms with Crippen molar-refractivity contribution in [2.24, 2.45) is 0 Å². The molecule has 2 aromatic rings. The molecule has 0 heterocycles. The van der Waals surface area contributed by atoms with Crippen molar-refractivity contribution in [3.05, 3.63) is 57.8 Å². The number of rotatable bonds is 4. The first-order valence-electron chi connectivity index (χ1n) is 5.71. The predicted molar refractivity (Wildman–Crippen MR) is 80.6 cm³/mol. The van der Waals surface area contributed by atoms with Crippen LogP contribution in [-0.2, 0) is 10.0 Å². The molecule has 0 aliphatic heterocycles. The van der Waals surface area contributed by atoms with E-state index in [-0.39, 0.29) is 21.3 Å². The van der Waals surface area contributed by atoms with E-state index >= 15 is 0 Å². The highest BCUT2D eigenvalue weighted by molar-refractivity contribution is 7.92. The second kappa shape index (κ2) is 6.12. The standard InChI is InChI=1S/C13H8Cl2FNO4S/c14-10-5-7(13(18)19)6-11(12(10)15)22(20,21)17-9-3-1-8(16)2-4-9/h1-6,17H,(H,18,19). The molecule has 0 aliphatic rings. The Bertz CT molecular complexity index is 838. The van der Waals surface area contributed by atoms with Gasteiger partial charge in [0, 0.05) is 5.69 Å². The van der Waals surface area contributed by atoms with Crippen LogP contribution < -0.4 is 4.72 Å². The molecule has 5 nitrogen and oxygen atoms in total. The van der Waals surface area contributed by atoms with Gasteiger partial charge in [0.05, 0.1) is 15.6 Å². The van der Waals surface area contributed by atoms with Gasteiger partial charge in [-0.1, -0.05) is 23.2 Å². The molecule has 0 unspecified atom stereocenters. The van der Waals surface area contributed by atoms with E-state index in [1.54, 1.807) is 0 Å². The van der Waals surface area contributed by atoms with Crippen molar-refractivity contribution in [2.75, 3.05) is 4.72 Å². The molecule has 0 saturated heterocycles. The third-order valence-corrected chi connectivity index (χ3v) is 4.95. The van der Waals surface area contributed by atoms with Crippen molar-refractivity contribution < 1.29 is 22.7 Å². The Morgan fingerprint density at radius 1 is 1.14 bits per heavy atom. The third kappa shape index (κ3) is 3.49. The zero-order valence-electron chi connectivity index (χ0n) is 10.7. The van der Waals surface area contributed by atoms with Crippen molar-refractivity contribution in [3.8, 4) is 0 Å². The number of benzene rings is 2. The van der Waals surface area contributed by atoms with Gasteiger partial charge in [-0.2, -0.15) is 0 Å². The molecule has 116 valence electrons. The van der Waals surface area contributed by atoms with Crippen molar-refractivity contribution in [2.45, 2.75) is 4.90 Å². The molecular formula is C13H8Cl2FNO4S. The fourth-order valence-corrected chi connectivity index (χ4v) is 3.48. The number of carboxylic acid groups (broad SMARTS) is 1. The lowest BCUT2D eigenvalue weighted by atomic mass is 10.2. The summed E-state index contributed by atoms with van der Waals surface area (Å²) in [4.78, 5) is 10.5. The summed E-state index contributed by atoms with van der Waals surface area (Å²) in [5.41, 5.74) is -0.233. The molecule has 22 heavy (non-hydrogen) atoms. The Morgan fingerprint density at radius 3 is 2.27 bits per heavy atom. The molecule has 2 N–H and O–H groups in total. The van der Waals surface area contributed by atoms with Crippen LogP contribution in [0, 0.1) is 5.82 Å².